The molecule has 1 heterocycles. The third-order valence-corrected chi connectivity index (χ3v) is 2.70. The monoisotopic (exact) mass is 277 g/mol. The minimum Gasteiger partial charge on any atom is -0.487 e. The Balaban J connectivity index is 2.24. The second kappa shape index (κ2) is 5.91. The maximum Gasteiger partial charge on any atom is 0.333 e. The summed E-state index contributed by atoms with van der Waals surface area (Å²) in [4.78, 5) is 10.7. The molecular weight excluding hydrogens is 262 g/mol. The van der Waals surface area contributed by atoms with Crippen LogP contribution in [0.25, 0.3) is 0 Å². The van der Waals surface area contributed by atoms with E-state index < -0.39 is 4.92 Å². The molecule has 0 saturated carbocycles. The van der Waals surface area contributed by atoms with Gasteiger partial charge in [-0.1, -0.05) is 6.07 Å². The van der Waals surface area contributed by atoms with Gasteiger partial charge < -0.3 is 15.8 Å². The van der Waals surface area contributed by atoms with Gasteiger partial charge in [-0.25, -0.2) is 0 Å². The van der Waals surface area contributed by atoms with Crippen molar-refractivity contribution in [3.05, 3.63) is 40.1 Å². The number of nitro groups is 1. The van der Waals surface area contributed by atoms with Crippen LogP contribution in [0.2, 0.25) is 0 Å². The van der Waals surface area contributed by atoms with Crippen molar-refractivity contribution in [1.82, 2.24) is 10.2 Å². The van der Waals surface area contributed by atoms with E-state index in [1.165, 1.54) is 0 Å². The highest BCUT2D eigenvalue weighted by molar-refractivity contribution is 5.68. The van der Waals surface area contributed by atoms with Gasteiger partial charge in [-0.3, -0.25) is 15.2 Å². The van der Waals surface area contributed by atoms with Gasteiger partial charge >= 0.3 is 5.69 Å². The summed E-state index contributed by atoms with van der Waals surface area (Å²) in [6.07, 6.45) is 1.57. The molecule has 0 aliphatic rings. The molecule has 0 fully saturated rings. The molecule has 1 aromatic heterocycles. The van der Waals surface area contributed by atoms with E-state index in [4.69, 9.17) is 10.5 Å². The summed E-state index contributed by atoms with van der Waals surface area (Å²) < 4.78 is 5.27. The molecule has 20 heavy (non-hydrogen) atoms. The normalized spacial score (nSPS) is 10.2. The number of rotatable bonds is 6. The highest BCUT2D eigenvalue weighted by Gasteiger charge is 2.20. The second-order valence-electron chi connectivity index (χ2n) is 4.00. The summed E-state index contributed by atoms with van der Waals surface area (Å²) in [7, 11) is 0. The van der Waals surface area contributed by atoms with Gasteiger partial charge in [-0.05, 0) is 19.1 Å². The third kappa shape index (κ3) is 2.79. The summed E-state index contributed by atoms with van der Waals surface area (Å²) in [5.41, 5.74) is 6.69. The highest BCUT2D eigenvalue weighted by Crippen LogP contribution is 2.35. The number of hydrogen-bond donors (Lipinski definition) is 3. The molecule has 0 spiro atoms. The van der Waals surface area contributed by atoms with Crippen LogP contribution in [0.3, 0.4) is 0 Å². The van der Waals surface area contributed by atoms with Gasteiger partial charge in [0.25, 0.3) is 0 Å². The number of anilines is 2. The van der Waals surface area contributed by atoms with Crippen molar-refractivity contribution in [2.24, 2.45) is 0 Å². The van der Waals surface area contributed by atoms with Crippen molar-refractivity contribution in [3.63, 3.8) is 0 Å². The number of para-hydroxylation sites is 1. The van der Waals surface area contributed by atoms with Crippen LogP contribution in [0.4, 0.5) is 17.2 Å². The van der Waals surface area contributed by atoms with Gasteiger partial charge in [0.15, 0.2) is 5.75 Å². The fourth-order valence-corrected chi connectivity index (χ4v) is 1.78. The lowest BCUT2D eigenvalue weighted by atomic mass is 10.2. The van der Waals surface area contributed by atoms with Crippen LogP contribution in [-0.2, 0) is 6.54 Å². The van der Waals surface area contributed by atoms with E-state index in [1.807, 2.05) is 0 Å². The number of nitrogen functional groups attached to an aromatic ring is 1. The van der Waals surface area contributed by atoms with Gasteiger partial charge in [-0.15, -0.1) is 0 Å². The number of aromatic amines is 1. The van der Waals surface area contributed by atoms with Gasteiger partial charge in [0.2, 0.25) is 0 Å². The Morgan fingerprint density at radius 1 is 1.55 bits per heavy atom. The Labute approximate surface area is 115 Å². The molecule has 0 aliphatic heterocycles. The van der Waals surface area contributed by atoms with Crippen molar-refractivity contribution in [2.75, 3.05) is 17.7 Å². The molecule has 8 heteroatoms. The standard InChI is InChI=1S/C12H15N5O3/c1-2-20-10-5-3-4-9(11(10)17(18)19)14-6-8-7-15-16-12(8)13/h3-5,7,14H,2,6H2,1H3,(H3,13,15,16). The summed E-state index contributed by atoms with van der Waals surface area (Å²) >= 11 is 0. The molecule has 0 aliphatic carbocycles. The van der Waals surface area contributed by atoms with Crippen LogP contribution >= 0.6 is 0 Å². The number of hydrogen-bond acceptors (Lipinski definition) is 6. The summed E-state index contributed by atoms with van der Waals surface area (Å²) in [6.45, 7) is 2.47. The molecule has 0 bridgehead atoms. The third-order valence-electron chi connectivity index (χ3n) is 2.70. The van der Waals surface area contributed by atoms with E-state index in [0.29, 0.717) is 24.7 Å². The first-order chi connectivity index (χ1) is 9.63. The smallest absolute Gasteiger partial charge is 0.333 e. The van der Waals surface area contributed by atoms with Crippen LogP contribution in [0.15, 0.2) is 24.4 Å². The van der Waals surface area contributed by atoms with Crippen molar-refractivity contribution in [1.29, 1.82) is 0 Å². The predicted molar refractivity (Wildman–Crippen MR) is 74.6 cm³/mol. The zero-order valence-corrected chi connectivity index (χ0v) is 10.9. The minimum atomic E-state index is -0.466. The number of H-pyrrole nitrogens is 1. The Morgan fingerprint density at radius 3 is 2.95 bits per heavy atom. The van der Waals surface area contributed by atoms with Crippen molar-refractivity contribution in [2.45, 2.75) is 13.5 Å². The Kier molecular flexibility index (Phi) is 4.04. The first kappa shape index (κ1) is 13.7. The van der Waals surface area contributed by atoms with Crippen molar-refractivity contribution >= 4 is 17.2 Å². The Morgan fingerprint density at radius 2 is 2.35 bits per heavy atom. The van der Waals surface area contributed by atoms with E-state index in [1.54, 1.807) is 31.3 Å². The molecule has 106 valence electrons. The Hall–Kier alpha value is -2.77. The van der Waals surface area contributed by atoms with E-state index in [2.05, 4.69) is 15.5 Å². The topological polar surface area (TPSA) is 119 Å². The lowest BCUT2D eigenvalue weighted by Crippen LogP contribution is -2.05. The maximum atomic E-state index is 11.2. The molecule has 0 unspecified atom stereocenters. The van der Waals surface area contributed by atoms with Crippen LogP contribution in [-0.4, -0.2) is 21.7 Å². The lowest BCUT2D eigenvalue weighted by molar-refractivity contribution is -0.384. The van der Waals surface area contributed by atoms with Gasteiger partial charge in [-0.2, -0.15) is 5.10 Å². The van der Waals surface area contributed by atoms with Crippen molar-refractivity contribution in [3.8, 4) is 5.75 Å². The largest absolute Gasteiger partial charge is 0.487 e. The van der Waals surface area contributed by atoms with Crippen LogP contribution in [0.5, 0.6) is 5.75 Å². The van der Waals surface area contributed by atoms with E-state index in [9.17, 15) is 10.1 Å². The summed E-state index contributed by atoms with van der Waals surface area (Å²) in [6, 6.07) is 4.88. The summed E-state index contributed by atoms with van der Waals surface area (Å²) in [5.74, 6) is 0.670. The molecule has 0 amide bonds. The van der Waals surface area contributed by atoms with Gasteiger partial charge in [0, 0.05) is 12.1 Å². The first-order valence-electron chi connectivity index (χ1n) is 6.05. The van der Waals surface area contributed by atoms with Crippen LogP contribution in [0.1, 0.15) is 12.5 Å². The van der Waals surface area contributed by atoms with E-state index in [0.717, 1.165) is 5.56 Å². The molecule has 8 nitrogen and oxygen atoms in total. The quantitative estimate of drug-likeness (QED) is 0.548. The zero-order chi connectivity index (χ0) is 14.5. The molecule has 1 aromatic carbocycles. The lowest BCUT2D eigenvalue weighted by Gasteiger charge is -2.10. The molecule has 0 radical (unpaired) electrons. The number of nitrogens with two attached hydrogens (primary N) is 1. The van der Waals surface area contributed by atoms with E-state index in [-0.39, 0.29) is 11.4 Å². The minimum absolute atomic E-state index is 0.0867. The molecule has 0 saturated heterocycles. The first-order valence-corrected chi connectivity index (χ1v) is 6.05. The van der Waals surface area contributed by atoms with Gasteiger partial charge in [0.1, 0.15) is 11.5 Å². The number of ether oxygens (including phenoxy) is 1. The predicted octanol–water partition coefficient (Wildman–Crippen LogP) is 1.91. The number of nitro benzene ring substituents is 1. The van der Waals surface area contributed by atoms with Crippen molar-refractivity contribution < 1.29 is 9.66 Å². The maximum absolute atomic E-state index is 11.2. The molecule has 2 aromatic rings. The molecular formula is C12H15N5O3. The zero-order valence-electron chi connectivity index (χ0n) is 10.9. The molecule has 2 rings (SSSR count). The molecule has 4 N–H and O–H groups in total. The Bertz CT molecular complexity index is 611. The number of benzene rings is 1. The SMILES string of the molecule is CCOc1cccc(NCc2cn[nH]c2N)c1[N+](=O)[O-]. The fourth-order valence-electron chi connectivity index (χ4n) is 1.78. The van der Waals surface area contributed by atoms with Crippen LogP contribution in [0, 0.1) is 10.1 Å². The number of nitrogens with zero attached hydrogens (tertiary/aromatic N) is 2. The van der Waals surface area contributed by atoms with E-state index >= 15 is 0 Å². The highest BCUT2D eigenvalue weighted by atomic mass is 16.6. The van der Waals surface area contributed by atoms with Gasteiger partial charge in [0.05, 0.1) is 17.7 Å². The number of aromatic nitrogens is 2. The fraction of sp³-hybridized carbons (Fsp3) is 0.250. The molecule has 0 atom stereocenters. The average Bonchev–Trinajstić information content (AvgIpc) is 2.82. The summed E-state index contributed by atoms with van der Waals surface area (Å²) in [5, 5.41) is 20.6. The van der Waals surface area contributed by atoms with Crippen LogP contribution < -0.4 is 15.8 Å². The average molecular weight is 277 g/mol. The second-order valence-corrected chi connectivity index (χ2v) is 4.00. The number of nitrogens with one attached hydrogen (secondary N) is 2.